The zero-order chi connectivity index (χ0) is 12.3. The number of benzene rings is 1. The van der Waals surface area contributed by atoms with Crippen molar-refractivity contribution in [3.8, 4) is 0 Å². The van der Waals surface area contributed by atoms with E-state index in [1.54, 1.807) is 6.07 Å². The van der Waals surface area contributed by atoms with Gasteiger partial charge in [0.25, 0.3) is 5.69 Å². The number of anilines is 1. The predicted molar refractivity (Wildman–Crippen MR) is 61.5 cm³/mol. The lowest BCUT2D eigenvalue weighted by atomic mass is 10.2. The molecule has 0 bridgehead atoms. The van der Waals surface area contributed by atoms with Crippen molar-refractivity contribution in [2.45, 2.75) is 19.1 Å². The van der Waals surface area contributed by atoms with Crippen molar-refractivity contribution in [2.24, 2.45) is 0 Å². The molecule has 0 aromatic heterocycles. The maximum Gasteiger partial charge on any atom is 0.292 e. The van der Waals surface area contributed by atoms with E-state index in [1.165, 1.54) is 12.1 Å². The molecule has 1 saturated heterocycles. The first-order valence-electron chi connectivity index (χ1n) is 5.39. The first-order chi connectivity index (χ1) is 8.16. The molecule has 1 aromatic rings. The third-order valence-corrected chi connectivity index (χ3v) is 2.67. The summed E-state index contributed by atoms with van der Waals surface area (Å²) in [5.74, 6) is 0. The molecule has 1 aliphatic heterocycles. The van der Waals surface area contributed by atoms with E-state index in [0.717, 1.165) is 12.0 Å². The second-order valence-electron chi connectivity index (χ2n) is 3.95. The van der Waals surface area contributed by atoms with Crippen LogP contribution in [0, 0.1) is 10.1 Å². The predicted octanol–water partition coefficient (Wildman–Crippen LogP) is 1.48. The third kappa shape index (κ3) is 2.92. The number of rotatable bonds is 4. The van der Waals surface area contributed by atoms with Crippen LogP contribution >= 0.6 is 0 Å². The van der Waals surface area contributed by atoms with Gasteiger partial charge in [-0.05, 0) is 18.1 Å². The zero-order valence-electron chi connectivity index (χ0n) is 9.30. The summed E-state index contributed by atoms with van der Waals surface area (Å²) in [7, 11) is 0. The smallest absolute Gasteiger partial charge is 0.292 e. The Kier molecular flexibility index (Phi) is 3.55. The van der Waals surface area contributed by atoms with Crippen molar-refractivity contribution in [1.29, 1.82) is 0 Å². The van der Waals surface area contributed by atoms with E-state index < -0.39 is 4.92 Å². The molecule has 92 valence electrons. The summed E-state index contributed by atoms with van der Waals surface area (Å²) in [5.41, 5.74) is 6.35. The van der Waals surface area contributed by atoms with Crippen molar-refractivity contribution in [2.75, 3.05) is 18.9 Å². The summed E-state index contributed by atoms with van der Waals surface area (Å²) in [6, 6.07) is 4.71. The standard InChI is InChI=1S/C11H14N2O4/c12-10-2-1-8(5-11(10)13(14)15)6-17-9-3-4-16-7-9/h1-2,5,9H,3-4,6-7,12H2. The summed E-state index contributed by atoms with van der Waals surface area (Å²) in [6.45, 7) is 1.65. The average Bonchev–Trinajstić information content (AvgIpc) is 2.80. The molecule has 0 amide bonds. The zero-order valence-corrected chi connectivity index (χ0v) is 9.30. The fourth-order valence-electron chi connectivity index (χ4n) is 1.70. The Labute approximate surface area is 98.5 Å². The Bertz CT molecular complexity index is 416. The summed E-state index contributed by atoms with van der Waals surface area (Å²) < 4.78 is 10.7. The molecule has 6 heteroatoms. The lowest BCUT2D eigenvalue weighted by Crippen LogP contribution is -2.12. The Hall–Kier alpha value is -1.66. The highest BCUT2D eigenvalue weighted by atomic mass is 16.6. The first-order valence-corrected chi connectivity index (χ1v) is 5.39. The topological polar surface area (TPSA) is 87.6 Å². The molecule has 0 radical (unpaired) electrons. The number of nitrogens with zero attached hydrogens (tertiary/aromatic N) is 1. The van der Waals surface area contributed by atoms with Gasteiger partial charge in [-0.1, -0.05) is 6.07 Å². The Morgan fingerprint density at radius 3 is 3.06 bits per heavy atom. The Morgan fingerprint density at radius 2 is 2.41 bits per heavy atom. The van der Waals surface area contributed by atoms with Crippen LogP contribution in [0.15, 0.2) is 18.2 Å². The van der Waals surface area contributed by atoms with E-state index in [1.807, 2.05) is 0 Å². The summed E-state index contributed by atoms with van der Waals surface area (Å²) in [6.07, 6.45) is 0.962. The second-order valence-corrected chi connectivity index (χ2v) is 3.95. The van der Waals surface area contributed by atoms with Crippen LogP contribution < -0.4 is 5.73 Å². The highest BCUT2D eigenvalue weighted by Crippen LogP contribution is 2.23. The normalized spacial score (nSPS) is 19.4. The Morgan fingerprint density at radius 1 is 1.59 bits per heavy atom. The molecule has 1 aromatic carbocycles. The van der Waals surface area contributed by atoms with E-state index >= 15 is 0 Å². The van der Waals surface area contributed by atoms with Crippen LogP contribution in [0.5, 0.6) is 0 Å². The van der Waals surface area contributed by atoms with Gasteiger partial charge in [-0.2, -0.15) is 0 Å². The van der Waals surface area contributed by atoms with E-state index in [0.29, 0.717) is 19.8 Å². The molecule has 1 unspecified atom stereocenters. The molecule has 1 atom stereocenters. The SMILES string of the molecule is Nc1ccc(COC2CCOC2)cc1[N+](=O)[O-]. The monoisotopic (exact) mass is 238 g/mol. The molecular formula is C11H14N2O4. The number of nitrogens with two attached hydrogens (primary N) is 1. The largest absolute Gasteiger partial charge is 0.393 e. The van der Waals surface area contributed by atoms with Crippen molar-refractivity contribution in [3.63, 3.8) is 0 Å². The number of nitro benzene ring substituents is 1. The third-order valence-electron chi connectivity index (χ3n) is 2.67. The molecule has 2 N–H and O–H groups in total. The second kappa shape index (κ2) is 5.11. The summed E-state index contributed by atoms with van der Waals surface area (Å²) in [5, 5.41) is 10.7. The maximum atomic E-state index is 10.7. The molecule has 1 heterocycles. The van der Waals surface area contributed by atoms with Crippen LogP contribution in [-0.4, -0.2) is 24.2 Å². The summed E-state index contributed by atoms with van der Waals surface area (Å²) >= 11 is 0. The molecule has 0 saturated carbocycles. The van der Waals surface area contributed by atoms with E-state index in [9.17, 15) is 10.1 Å². The van der Waals surface area contributed by atoms with E-state index in [2.05, 4.69) is 0 Å². The van der Waals surface area contributed by atoms with Gasteiger partial charge in [0, 0.05) is 12.7 Å². The van der Waals surface area contributed by atoms with Gasteiger partial charge in [0.05, 0.1) is 24.2 Å². The quantitative estimate of drug-likeness (QED) is 0.487. The highest BCUT2D eigenvalue weighted by molar-refractivity contribution is 5.59. The lowest BCUT2D eigenvalue weighted by molar-refractivity contribution is -0.384. The molecule has 1 fully saturated rings. The molecule has 0 spiro atoms. The van der Waals surface area contributed by atoms with Gasteiger partial charge in [0.1, 0.15) is 5.69 Å². The van der Waals surface area contributed by atoms with E-state index in [-0.39, 0.29) is 17.5 Å². The van der Waals surface area contributed by atoms with Crippen molar-refractivity contribution in [3.05, 3.63) is 33.9 Å². The van der Waals surface area contributed by atoms with Crippen LogP contribution in [-0.2, 0) is 16.1 Å². The minimum atomic E-state index is -0.489. The van der Waals surface area contributed by atoms with Gasteiger partial charge < -0.3 is 15.2 Å². The number of hydrogen-bond donors (Lipinski definition) is 1. The van der Waals surface area contributed by atoms with Crippen molar-refractivity contribution in [1.82, 2.24) is 0 Å². The molecule has 6 nitrogen and oxygen atoms in total. The first kappa shape index (κ1) is 11.8. The minimum Gasteiger partial charge on any atom is -0.393 e. The Balaban J connectivity index is 2.00. The molecule has 17 heavy (non-hydrogen) atoms. The highest BCUT2D eigenvalue weighted by Gasteiger charge is 2.17. The summed E-state index contributed by atoms with van der Waals surface area (Å²) in [4.78, 5) is 10.2. The fraction of sp³-hybridized carbons (Fsp3) is 0.455. The molecule has 2 rings (SSSR count). The van der Waals surface area contributed by atoms with Crippen LogP contribution in [0.4, 0.5) is 11.4 Å². The maximum absolute atomic E-state index is 10.7. The van der Waals surface area contributed by atoms with Gasteiger partial charge in [-0.3, -0.25) is 10.1 Å². The van der Waals surface area contributed by atoms with Gasteiger partial charge >= 0.3 is 0 Å². The van der Waals surface area contributed by atoms with Gasteiger partial charge in [0.15, 0.2) is 0 Å². The number of nitro groups is 1. The van der Waals surface area contributed by atoms with Gasteiger partial charge in [-0.15, -0.1) is 0 Å². The molecular weight excluding hydrogens is 224 g/mol. The van der Waals surface area contributed by atoms with Crippen LogP contribution in [0.2, 0.25) is 0 Å². The average molecular weight is 238 g/mol. The number of hydrogen-bond acceptors (Lipinski definition) is 5. The van der Waals surface area contributed by atoms with Gasteiger partial charge in [0.2, 0.25) is 0 Å². The van der Waals surface area contributed by atoms with Crippen LogP contribution in [0.3, 0.4) is 0 Å². The van der Waals surface area contributed by atoms with Crippen molar-refractivity contribution >= 4 is 11.4 Å². The minimum absolute atomic E-state index is 0.0752. The van der Waals surface area contributed by atoms with Gasteiger partial charge in [-0.25, -0.2) is 0 Å². The van der Waals surface area contributed by atoms with Crippen LogP contribution in [0.25, 0.3) is 0 Å². The van der Waals surface area contributed by atoms with E-state index in [4.69, 9.17) is 15.2 Å². The number of nitrogen functional groups attached to an aromatic ring is 1. The molecule has 1 aliphatic rings. The molecule has 0 aliphatic carbocycles. The van der Waals surface area contributed by atoms with Crippen molar-refractivity contribution < 1.29 is 14.4 Å². The fourth-order valence-corrected chi connectivity index (χ4v) is 1.70. The lowest BCUT2D eigenvalue weighted by Gasteiger charge is -2.09. The number of ether oxygens (including phenoxy) is 2. The van der Waals surface area contributed by atoms with Crippen LogP contribution in [0.1, 0.15) is 12.0 Å².